The highest BCUT2D eigenvalue weighted by molar-refractivity contribution is 7.13. The molecule has 116 valence electrons. The highest BCUT2D eigenvalue weighted by atomic mass is 32.1. The number of urea groups is 1. The number of aromatic nitrogens is 1. The second kappa shape index (κ2) is 6.01. The summed E-state index contributed by atoms with van der Waals surface area (Å²) in [6.45, 7) is 7.89. The van der Waals surface area contributed by atoms with Crippen LogP contribution in [0.3, 0.4) is 0 Å². The Balaban J connectivity index is 2.00. The number of ether oxygens (including phenoxy) is 1. The normalized spacial score (nSPS) is 18.7. The third kappa shape index (κ3) is 4.17. The Morgan fingerprint density at radius 2 is 2.19 bits per heavy atom. The smallest absolute Gasteiger partial charge is 0.329 e. The SMILES string of the molecule is Cc1csc(NC(=O)N2CCC[C@H]2C(=O)OC(C)(C)C)n1. The Kier molecular flexibility index (Phi) is 4.51. The number of aryl methyl sites for hydroxylation is 1. The Bertz CT molecular complexity index is 536. The van der Waals surface area contributed by atoms with Gasteiger partial charge in [-0.3, -0.25) is 5.32 Å². The summed E-state index contributed by atoms with van der Waals surface area (Å²) in [6, 6.07) is -0.803. The fourth-order valence-corrected chi connectivity index (χ4v) is 2.88. The number of esters is 1. The predicted octanol–water partition coefficient (Wildman–Crippen LogP) is 2.79. The van der Waals surface area contributed by atoms with Crippen LogP contribution in [0.25, 0.3) is 0 Å². The first kappa shape index (κ1) is 15.8. The van der Waals surface area contributed by atoms with Gasteiger partial charge in [-0.05, 0) is 40.5 Å². The van der Waals surface area contributed by atoms with Crippen molar-refractivity contribution in [1.29, 1.82) is 0 Å². The molecule has 0 aliphatic carbocycles. The second-order valence-electron chi connectivity index (χ2n) is 6.11. The molecule has 1 atom stereocenters. The van der Waals surface area contributed by atoms with E-state index >= 15 is 0 Å². The molecule has 1 aromatic heterocycles. The van der Waals surface area contributed by atoms with Crippen molar-refractivity contribution in [2.24, 2.45) is 0 Å². The number of nitrogens with one attached hydrogen (secondary N) is 1. The maximum atomic E-state index is 12.3. The van der Waals surface area contributed by atoms with E-state index in [0.717, 1.165) is 12.1 Å². The van der Waals surface area contributed by atoms with Gasteiger partial charge >= 0.3 is 12.0 Å². The summed E-state index contributed by atoms with van der Waals surface area (Å²) in [4.78, 5) is 30.2. The van der Waals surface area contributed by atoms with Crippen LogP contribution >= 0.6 is 11.3 Å². The first-order valence-electron chi connectivity index (χ1n) is 6.99. The minimum Gasteiger partial charge on any atom is -0.458 e. The number of carbonyl (C=O) groups excluding carboxylic acids is 2. The van der Waals surface area contributed by atoms with Gasteiger partial charge in [-0.2, -0.15) is 0 Å². The summed E-state index contributed by atoms with van der Waals surface area (Å²) in [5.74, 6) is -0.342. The molecule has 0 spiro atoms. The topological polar surface area (TPSA) is 71.5 Å². The lowest BCUT2D eigenvalue weighted by molar-refractivity contribution is -0.159. The highest BCUT2D eigenvalue weighted by Gasteiger charge is 2.37. The van der Waals surface area contributed by atoms with Gasteiger partial charge in [0.05, 0.1) is 5.69 Å². The third-order valence-corrected chi connectivity index (χ3v) is 3.90. The van der Waals surface area contributed by atoms with Crippen molar-refractivity contribution >= 4 is 28.5 Å². The summed E-state index contributed by atoms with van der Waals surface area (Å²) in [5.41, 5.74) is 0.314. The van der Waals surface area contributed by atoms with Crippen molar-refractivity contribution < 1.29 is 14.3 Å². The Hall–Kier alpha value is -1.63. The number of rotatable bonds is 2. The van der Waals surface area contributed by atoms with Crippen LogP contribution in [0.5, 0.6) is 0 Å². The van der Waals surface area contributed by atoms with E-state index in [1.54, 1.807) is 0 Å². The van der Waals surface area contributed by atoms with Crippen LogP contribution < -0.4 is 5.32 Å². The largest absolute Gasteiger partial charge is 0.458 e. The number of nitrogens with zero attached hydrogens (tertiary/aromatic N) is 2. The predicted molar refractivity (Wildman–Crippen MR) is 81.4 cm³/mol. The van der Waals surface area contributed by atoms with Crippen molar-refractivity contribution in [2.75, 3.05) is 11.9 Å². The lowest BCUT2D eigenvalue weighted by Crippen LogP contribution is -2.45. The van der Waals surface area contributed by atoms with Gasteiger partial charge in [0.1, 0.15) is 11.6 Å². The fourth-order valence-electron chi connectivity index (χ4n) is 2.20. The Morgan fingerprint density at radius 1 is 1.48 bits per heavy atom. The summed E-state index contributed by atoms with van der Waals surface area (Å²) in [6.07, 6.45) is 1.44. The lowest BCUT2D eigenvalue weighted by Gasteiger charge is -2.27. The zero-order chi connectivity index (χ0) is 15.6. The van der Waals surface area contributed by atoms with E-state index in [0.29, 0.717) is 18.1 Å². The maximum Gasteiger partial charge on any atom is 0.329 e. The zero-order valence-electron chi connectivity index (χ0n) is 12.8. The minimum atomic E-state index is -0.547. The van der Waals surface area contributed by atoms with Gasteiger partial charge in [0.2, 0.25) is 0 Å². The standard InChI is InChI=1S/C14H21N3O3S/c1-9-8-21-12(15-9)16-13(19)17-7-5-6-10(17)11(18)20-14(2,3)4/h8,10H,5-7H2,1-4H3,(H,15,16,19)/t10-/m0/s1. The van der Waals surface area contributed by atoms with Gasteiger partial charge in [0, 0.05) is 11.9 Å². The average Bonchev–Trinajstić information content (AvgIpc) is 2.95. The molecule has 1 aliphatic rings. The van der Waals surface area contributed by atoms with Crippen LogP contribution in [0, 0.1) is 6.92 Å². The first-order valence-corrected chi connectivity index (χ1v) is 7.87. The number of hydrogen-bond acceptors (Lipinski definition) is 5. The third-order valence-electron chi connectivity index (χ3n) is 3.03. The molecule has 1 aromatic rings. The molecule has 0 aromatic carbocycles. The average molecular weight is 311 g/mol. The molecule has 0 unspecified atom stereocenters. The van der Waals surface area contributed by atoms with Crippen LogP contribution in [-0.2, 0) is 9.53 Å². The molecule has 2 rings (SSSR count). The molecule has 7 heteroatoms. The Morgan fingerprint density at radius 3 is 2.76 bits per heavy atom. The quantitative estimate of drug-likeness (QED) is 0.853. The van der Waals surface area contributed by atoms with E-state index in [2.05, 4.69) is 10.3 Å². The first-order chi connectivity index (χ1) is 9.76. The van der Waals surface area contributed by atoms with Crippen LogP contribution in [0.15, 0.2) is 5.38 Å². The van der Waals surface area contributed by atoms with E-state index in [4.69, 9.17) is 4.74 Å². The van der Waals surface area contributed by atoms with Gasteiger partial charge in [-0.25, -0.2) is 14.6 Å². The molecule has 6 nitrogen and oxygen atoms in total. The van der Waals surface area contributed by atoms with Crippen LogP contribution in [0.2, 0.25) is 0 Å². The van der Waals surface area contributed by atoms with Crippen molar-refractivity contribution in [3.8, 4) is 0 Å². The second-order valence-corrected chi connectivity index (χ2v) is 6.97. The molecule has 2 heterocycles. The van der Waals surface area contributed by atoms with Crippen LogP contribution in [-0.4, -0.2) is 40.1 Å². The molecule has 0 bridgehead atoms. The van der Waals surface area contributed by atoms with Crippen LogP contribution in [0.1, 0.15) is 39.3 Å². The van der Waals surface area contributed by atoms with Crippen molar-refractivity contribution in [2.45, 2.75) is 52.2 Å². The zero-order valence-corrected chi connectivity index (χ0v) is 13.6. The number of likely N-dealkylation sites (tertiary alicyclic amines) is 1. The summed E-state index contributed by atoms with van der Waals surface area (Å²) in [7, 11) is 0. The molecule has 1 aliphatic heterocycles. The van der Waals surface area contributed by atoms with E-state index < -0.39 is 11.6 Å². The van der Waals surface area contributed by atoms with E-state index in [1.807, 2.05) is 33.1 Å². The number of hydrogen-bond donors (Lipinski definition) is 1. The summed E-state index contributed by atoms with van der Waals surface area (Å²) < 4.78 is 5.38. The van der Waals surface area contributed by atoms with Gasteiger partial charge < -0.3 is 9.64 Å². The number of amides is 2. The number of carbonyl (C=O) groups is 2. The molecule has 1 saturated heterocycles. The van der Waals surface area contributed by atoms with E-state index in [1.165, 1.54) is 16.2 Å². The van der Waals surface area contributed by atoms with Crippen molar-refractivity contribution in [3.05, 3.63) is 11.1 Å². The molecular weight excluding hydrogens is 290 g/mol. The fraction of sp³-hybridized carbons (Fsp3) is 0.643. The molecule has 21 heavy (non-hydrogen) atoms. The molecule has 0 radical (unpaired) electrons. The number of anilines is 1. The molecule has 1 N–H and O–H groups in total. The summed E-state index contributed by atoms with van der Waals surface area (Å²) >= 11 is 1.37. The molecule has 2 amide bonds. The lowest BCUT2D eigenvalue weighted by atomic mass is 10.1. The molecular formula is C14H21N3O3S. The maximum absolute atomic E-state index is 12.3. The van der Waals surface area contributed by atoms with E-state index in [-0.39, 0.29) is 12.0 Å². The minimum absolute atomic E-state index is 0.294. The van der Waals surface area contributed by atoms with Gasteiger partial charge in [-0.15, -0.1) is 11.3 Å². The number of thiazole rings is 1. The molecule has 1 fully saturated rings. The molecule has 0 saturated carbocycles. The van der Waals surface area contributed by atoms with Gasteiger partial charge in [0.25, 0.3) is 0 Å². The Labute approximate surface area is 128 Å². The van der Waals surface area contributed by atoms with Gasteiger partial charge in [-0.1, -0.05) is 0 Å². The summed E-state index contributed by atoms with van der Waals surface area (Å²) in [5, 5.41) is 5.15. The van der Waals surface area contributed by atoms with Crippen molar-refractivity contribution in [1.82, 2.24) is 9.88 Å². The monoisotopic (exact) mass is 311 g/mol. The highest BCUT2D eigenvalue weighted by Crippen LogP contribution is 2.23. The van der Waals surface area contributed by atoms with E-state index in [9.17, 15) is 9.59 Å². The van der Waals surface area contributed by atoms with Gasteiger partial charge in [0.15, 0.2) is 5.13 Å². The van der Waals surface area contributed by atoms with Crippen molar-refractivity contribution in [3.63, 3.8) is 0 Å². The van der Waals surface area contributed by atoms with Crippen LogP contribution in [0.4, 0.5) is 9.93 Å².